The summed E-state index contributed by atoms with van der Waals surface area (Å²) < 4.78 is 0. The molecule has 4 heteroatoms. The topological polar surface area (TPSA) is 53.4 Å². The molecule has 4 nitrogen and oxygen atoms in total. The van der Waals surface area contributed by atoms with Gasteiger partial charge in [-0.15, -0.1) is 0 Å². The lowest BCUT2D eigenvalue weighted by molar-refractivity contribution is 0.150. The average Bonchev–Trinajstić information content (AvgIpc) is 2.83. The minimum atomic E-state index is -0.789. The minimum absolute atomic E-state index is 0.0626. The Morgan fingerprint density at radius 1 is 1.32 bits per heavy atom. The van der Waals surface area contributed by atoms with Crippen LogP contribution in [0.2, 0.25) is 0 Å². The predicted molar refractivity (Wildman–Crippen MR) is 72.3 cm³/mol. The van der Waals surface area contributed by atoms with E-state index in [1.165, 1.54) is 4.90 Å². The van der Waals surface area contributed by atoms with E-state index in [2.05, 4.69) is 39.0 Å². The van der Waals surface area contributed by atoms with Gasteiger partial charge in [0, 0.05) is 35.8 Å². The lowest BCUT2D eigenvalue weighted by Gasteiger charge is -2.19. The van der Waals surface area contributed by atoms with Crippen LogP contribution in [0.4, 0.5) is 4.79 Å². The van der Waals surface area contributed by atoms with Gasteiger partial charge in [0.2, 0.25) is 0 Å². The van der Waals surface area contributed by atoms with Crippen molar-refractivity contribution in [2.75, 3.05) is 13.1 Å². The zero-order valence-corrected chi connectivity index (χ0v) is 11.6. The van der Waals surface area contributed by atoms with Crippen LogP contribution >= 0.6 is 0 Å². The molecule has 3 rings (SSSR count). The summed E-state index contributed by atoms with van der Waals surface area (Å²) in [6.45, 7) is 7.84. The second-order valence-electron chi connectivity index (χ2n) is 6.74. The Morgan fingerprint density at radius 2 is 1.95 bits per heavy atom. The highest BCUT2D eigenvalue weighted by atomic mass is 16.4. The number of hydrogen-bond acceptors (Lipinski definition) is 2. The van der Waals surface area contributed by atoms with Gasteiger partial charge in [0.15, 0.2) is 0 Å². The maximum Gasteiger partial charge on any atom is 0.407 e. The Hall–Kier alpha value is -1.58. The number of rotatable bonds is 1. The van der Waals surface area contributed by atoms with Crippen molar-refractivity contribution in [3.05, 3.63) is 29.6 Å². The van der Waals surface area contributed by atoms with Gasteiger partial charge in [-0.1, -0.05) is 26.8 Å². The summed E-state index contributed by atoms with van der Waals surface area (Å²) in [5, 5.41) is 8.97. The van der Waals surface area contributed by atoms with Crippen LogP contribution in [0.5, 0.6) is 0 Å². The second-order valence-corrected chi connectivity index (χ2v) is 6.74. The highest BCUT2D eigenvalue weighted by Gasteiger charge is 2.58. The van der Waals surface area contributed by atoms with E-state index in [0.717, 1.165) is 11.4 Å². The Labute approximate surface area is 113 Å². The molecule has 1 saturated carbocycles. The van der Waals surface area contributed by atoms with Crippen LogP contribution in [-0.4, -0.2) is 34.2 Å². The normalized spacial score (nSPS) is 29.2. The monoisotopic (exact) mass is 260 g/mol. The van der Waals surface area contributed by atoms with Gasteiger partial charge in [-0.2, -0.15) is 0 Å². The first-order valence-corrected chi connectivity index (χ1v) is 6.83. The number of hydrogen-bond donors (Lipinski definition) is 1. The lowest BCUT2D eigenvalue weighted by Crippen LogP contribution is -2.29. The number of aromatic nitrogens is 1. The predicted octanol–water partition coefficient (Wildman–Crippen LogP) is 2.70. The smallest absolute Gasteiger partial charge is 0.407 e. The molecule has 0 unspecified atom stereocenters. The van der Waals surface area contributed by atoms with E-state index in [4.69, 9.17) is 10.1 Å². The second kappa shape index (κ2) is 3.95. The summed E-state index contributed by atoms with van der Waals surface area (Å²) in [5.74, 6) is 1.44. The number of nitrogens with zero attached hydrogens (tertiary/aromatic N) is 2. The third-order valence-corrected chi connectivity index (χ3v) is 4.35. The van der Waals surface area contributed by atoms with Gasteiger partial charge in [-0.25, -0.2) is 4.79 Å². The van der Waals surface area contributed by atoms with Crippen LogP contribution in [0.1, 0.15) is 38.1 Å². The Balaban J connectivity index is 1.75. The Kier molecular flexibility index (Phi) is 2.59. The Bertz CT molecular complexity index is 509. The van der Waals surface area contributed by atoms with Crippen LogP contribution in [-0.2, 0) is 5.41 Å². The average molecular weight is 260 g/mol. The van der Waals surface area contributed by atoms with Crippen LogP contribution < -0.4 is 0 Å². The minimum Gasteiger partial charge on any atom is -0.465 e. The number of pyridine rings is 1. The van der Waals surface area contributed by atoms with E-state index in [1.807, 2.05) is 0 Å². The molecule has 0 radical (unpaired) electrons. The summed E-state index contributed by atoms with van der Waals surface area (Å²) in [7, 11) is 0. The number of piperidine rings is 1. The molecule has 102 valence electrons. The molecule has 1 N–H and O–H groups in total. The van der Waals surface area contributed by atoms with Crippen LogP contribution in [0.25, 0.3) is 0 Å². The first-order chi connectivity index (χ1) is 8.88. The standard InChI is InChI=1S/C15H20N2O2/c1-15(2,3)12-6-4-5-11(16-12)13-9-7-17(14(18)19)8-10(9)13/h4-6,9-10,13H,7-8H2,1-3H3,(H,18,19)/t9-,10+,13-. The van der Waals surface area contributed by atoms with E-state index in [0.29, 0.717) is 30.8 Å². The largest absolute Gasteiger partial charge is 0.465 e. The third-order valence-electron chi connectivity index (χ3n) is 4.35. The molecule has 2 heterocycles. The van der Waals surface area contributed by atoms with Crippen molar-refractivity contribution in [3.8, 4) is 0 Å². The van der Waals surface area contributed by atoms with Crippen molar-refractivity contribution < 1.29 is 9.90 Å². The van der Waals surface area contributed by atoms with E-state index in [-0.39, 0.29) is 5.41 Å². The molecule has 0 bridgehead atoms. The lowest BCUT2D eigenvalue weighted by atomic mass is 9.91. The molecule has 2 aliphatic rings. The van der Waals surface area contributed by atoms with Crippen LogP contribution in [0.3, 0.4) is 0 Å². The molecule has 3 atom stereocenters. The summed E-state index contributed by atoms with van der Waals surface area (Å²) in [6.07, 6.45) is -0.789. The van der Waals surface area contributed by atoms with Gasteiger partial charge in [0.25, 0.3) is 0 Å². The number of carbonyl (C=O) groups is 1. The van der Waals surface area contributed by atoms with Crippen molar-refractivity contribution in [1.82, 2.24) is 9.88 Å². The highest BCUT2D eigenvalue weighted by Crippen LogP contribution is 2.57. The van der Waals surface area contributed by atoms with E-state index < -0.39 is 6.09 Å². The molecule has 1 aliphatic heterocycles. The number of carboxylic acid groups (broad SMARTS) is 1. The van der Waals surface area contributed by atoms with E-state index in [1.54, 1.807) is 0 Å². The fourth-order valence-electron chi connectivity index (χ4n) is 3.18. The number of amides is 1. The zero-order valence-electron chi connectivity index (χ0n) is 11.6. The van der Waals surface area contributed by atoms with Gasteiger partial charge in [-0.05, 0) is 24.0 Å². The fourth-order valence-corrected chi connectivity index (χ4v) is 3.18. The maximum absolute atomic E-state index is 10.9. The molecule has 1 aliphatic carbocycles. The summed E-state index contributed by atoms with van der Waals surface area (Å²) in [4.78, 5) is 17.2. The first-order valence-electron chi connectivity index (χ1n) is 6.83. The molecular weight excluding hydrogens is 240 g/mol. The highest BCUT2D eigenvalue weighted by molar-refractivity contribution is 5.66. The molecule has 1 amide bonds. The van der Waals surface area contributed by atoms with Gasteiger partial charge >= 0.3 is 6.09 Å². The molecular formula is C15H20N2O2. The Morgan fingerprint density at radius 3 is 2.47 bits per heavy atom. The maximum atomic E-state index is 10.9. The molecule has 0 aromatic carbocycles. The summed E-state index contributed by atoms with van der Waals surface area (Å²) >= 11 is 0. The molecule has 1 saturated heterocycles. The van der Waals surface area contributed by atoms with E-state index in [9.17, 15) is 4.79 Å². The third kappa shape index (κ3) is 2.09. The number of likely N-dealkylation sites (tertiary alicyclic amines) is 1. The zero-order chi connectivity index (χ0) is 13.8. The van der Waals surface area contributed by atoms with Gasteiger partial charge in [0.1, 0.15) is 0 Å². The van der Waals surface area contributed by atoms with Crippen molar-refractivity contribution in [3.63, 3.8) is 0 Å². The van der Waals surface area contributed by atoms with Gasteiger partial charge < -0.3 is 10.0 Å². The molecule has 19 heavy (non-hydrogen) atoms. The van der Waals surface area contributed by atoms with E-state index >= 15 is 0 Å². The van der Waals surface area contributed by atoms with Gasteiger partial charge in [-0.3, -0.25) is 4.98 Å². The molecule has 2 fully saturated rings. The molecule has 1 aromatic heterocycles. The summed E-state index contributed by atoms with van der Waals surface area (Å²) in [6, 6.07) is 6.24. The quantitative estimate of drug-likeness (QED) is 0.844. The SMILES string of the molecule is CC(C)(C)c1cccc([C@@H]2[C@@H]3CN(C(=O)O)C[C@@H]32)n1. The fraction of sp³-hybridized carbons (Fsp3) is 0.600. The van der Waals surface area contributed by atoms with Crippen molar-refractivity contribution >= 4 is 6.09 Å². The molecule has 0 spiro atoms. The van der Waals surface area contributed by atoms with Crippen molar-refractivity contribution in [2.45, 2.75) is 32.1 Å². The van der Waals surface area contributed by atoms with Crippen molar-refractivity contribution in [1.29, 1.82) is 0 Å². The number of fused-ring (bicyclic) bond motifs is 1. The van der Waals surface area contributed by atoms with Crippen LogP contribution in [0.15, 0.2) is 18.2 Å². The van der Waals surface area contributed by atoms with Crippen molar-refractivity contribution in [2.24, 2.45) is 11.8 Å². The van der Waals surface area contributed by atoms with Crippen LogP contribution in [0, 0.1) is 11.8 Å². The molecule has 1 aromatic rings. The summed E-state index contributed by atoms with van der Waals surface area (Å²) in [5.41, 5.74) is 2.32. The van der Waals surface area contributed by atoms with Gasteiger partial charge in [0.05, 0.1) is 0 Å². The first kappa shape index (κ1) is 12.5.